The molecule has 176 valence electrons. The lowest BCUT2D eigenvalue weighted by molar-refractivity contribution is 1.17. The third-order valence-corrected chi connectivity index (χ3v) is 8.66. The third-order valence-electron chi connectivity index (χ3n) is 7.54. The van der Waals surface area contributed by atoms with Gasteiger partial charge in [0, 0.05) is 31.1 Å². The van der Waals surface area contributed by atoms with E-state index >= 15 is 0 Å². The van der Waals surface area contributed by atoms with Gasteiger partial charge in [0.1, 0.15) is 11.4 Å². The minimum absolute atomic E-state index is 0.784. The first-order valence-corrected chi connectivity index (χ1v) is 13.5. The van der Waals surface area contributed by atoms with Gasteiger partial charge in [0.25, 0.3) is 0 Å². The van der Waals surface area contributed by atoms with Gasteiger partial charge in [-0.05, 0) is 41.8 Å². The highest BCUT2D eigenvalue weighted by molar-refractivity contribution is 7.26. The van der Waals surface area contributed by atoms with Crippen LogP contribution in [-0.2, 0) is 0 Å². The Balaban J connectivity index is 1.56. The molecule has 0 N–H and O–H groups in total. The topological polar surface area (TPSA) is 43.1 Å². The van der Waals surface area contributed by atoms with Crippen LogP contribution in [-0.4, -0.2) is 19.4 Å². The molecule has 0 spiro atoms. The maximum Gasteiger partial charge on any atom is 0.166 e. The Morgan fingerprint density at radius 3 is 2.08 bits per heavy atom. The number of rotatable bonds is 2. The second kappa shape index (κ2) is 7.34. The molecule has 4 nitrogen and oxygen atoms in total. The molecule has 0 aliphatic carbocycles. The van der Waals surface area contributed by atoms with Crippen LogP contribution in [0.3, 0.4) is 0 Å². The molecule has 9 rings (SSSR count). The summed E-state index contributed by atoms with van der Waals surface area (Å²) in [6.07, 6.45) is 0. The van der Waals surface area contributed by atoms with E-state index < -0.39 is 0 Å². The molecule has 0 saturated heterocycles. The fourth-order valence-corrected chi connectivity index (χ4v) is 7.07. The van der Waals surface area contributed by atoms with Gasteiger partial charge in [-0.3, -0.25) is 4.40 Å². The zero-order valence-electron chi connectivity index (χ0n) is 20.1. The smallest absolute Gasteiger partial charge is 0.166 e. The molecular weight excluding hydrogens is 484 g/mol. The summed E-state index contributed by atoms with van der Waals surface area (Å²) in [6, 6.07) is 38.0. The van der Waals surface area contributed by atoms with E-state index in [1.165, 1.54) is 30.9 Å². The van der Waals surface area contributed by atoms with Crippen molar-refractivity contribution < 1.29 is 0 Å². The van der Waals surface area contributed by atoms with Crippen molar-refractivity contribution in [1.82, 2.24) is 19.4 Å². The standard InChI is InChI=1S/C33H18N4S/c1-2-9-19(10-3-1)30-31(35-23-14-6-5-13-22(23)34-30)33-36-24-17-18-27-29-28-21(12-8-16-26(28)38-27)20-11-4-7-15-25(20)37(33)32(24)29/h1-18H. The molecule has 0 saturated carbocycles. The lowest BCUT2D eigenvalue weighted by atomic mass is 10.1. The molecule has 0 bridgehead atoms. The Hall–Kier alpha value is -4.87. The molecule has 0 aliphatic rings. The number of nitrogens with zero attached hydrogens (tertiary/aromatic N) is 4. The lowest BCUT2D eigenvalue weighted by Crippen LogP contribution is -1.99. The molecule has 4 heterocycles. The zero-order chi connectivity index (χ0) is 24.8. The Morgan fingerprint density at radius 1 is 0.500 bits per heavy atom. The molecule has 0 radical (unpaired) electrons. The second-order valence-corrected chi connectivity index (χ2v) is 10.7. The Bertz CT molecular complexity index is 2350. The van der Waals surface area contributed by atoms with Gasteiger partial charge >= 0.3 is 0 Å². The highest BCUT2D eigenvalue weighted by atomic mass is 32.1. The van der Waals surface area contributed by atoms with Gasteiger partial charge in [-0.2, -0.15) is 0 Å². The molecule has 0 amide bonds. The van der Waals surface area contributed by atoms with E-state index in [9.17, 15) is 0 Å². The van der Waals surface area contributed by atoms with Gasteiger partial charge in [0.05, 0.1) is 27.6 Å². The first-order chi connectivity index (χ1) is 18.8. The number of hydrogen-bond donors (Lipinski definition) is 0. The fourth-order valence-electron chi connectivity index (χ4n) is 5.93. The minimum Gasteiger partial charge on any atom is -0.290 e. The number of imidazole rings is 1. The van der Waals surface area contributed by atoms with Crippen LogP contribution in [0.1, 0.15) is 0 Å². The van der Waals surface area contributed by atoms with E-state index in [1.54, 1.807) is 0 Å². The van der Waals surface area contributed by atoms with Gasteiger partial charge < -0.3 is 0 Å². The maximum absolute atomic E-state index is 5.28. The van der Waals surface area contributed by atoms with Crippen LogP contribution in [0, 0.1) is 0 Å². The first-order valence-electron chi connectivity index (χ1n) is 12.6. The monoisotopic (exact) mass is 502 g/mol. The SMILES string of the molecule is c1ccc(-c2nc3ccccc3nc2-c2nc3ccc4sc5cccc6c7ccccc7n2c3c4c56)cc1. The molecular formula is C33H18N4S. The average Bonchev–Trinajstić information content (AvgIpc) is 3.51. The Morgan fingerprint density at radius 2 is 1.21 bits per heavy atom. The molecule has 0 aliphatic heterocycles. The minimum atomic E-state index is 0.784. The number of aromatic nitrogens is 4. The van der Waals surface area contributed by atoms with Gasteiger partial charge in [-0.1, -0.05) is 72.8 Å². The van der Waals surface area contributed by atoms with Gasteiger partial charge in [0.2, 0.25) is 0 Å². The van der Waals surface area contributed by atoms with Crippen molar-refractivity contribution in [3.63, 3.8) is 0 Å². The summed E-state index contributed by atoms with van der Waals surface area (Å²) in [5.41, 5.74) is 7.58. The van der Waals surface area contributed by atoms with Crippen molar-refractivity contribution in [3.05, 3.63) is 109 Å². The quantitative estimate of drug-likeness (QED) is 0.237. The molecule has 4 aromatic heterocycles. The largest absolute Gasteiger partial charge is 0.290 e. The normalized spacial score (nSPS) is 12.2. The van der Waals surface area contributed by atoms with E-state index in [1.807, 2.05) is 53.8 Å². The zero-order valence-corrected chi connectivity index (χ0v) is 20.9. The molecule has 0 unspecified atom stereocenters. The van der Waals surface area contributed by atoms with Crippen LogP contribution in [0.4, 0.5) is 0 Å². The summed E-state index contributed by atoms with van der Waals surface area (Å²) in [6.45, 7) is 0. The highest BCUT2D eigenvalue weighted by Crippen LogP contribution is 2.45. The number of thiophene rings is 1. The van der Waals surface area contributed by atoms with Crippen LogP contribution in [0.5, 0.6) is 0 Å². The van der Waals surface area contributed by atoms with E-state index in [0.29, 0.717) is 0 Å². The van der Waals surface area contributed by atoms with Crippen LogP contribution in [0.2, 0.25) is 0 Å². The van der Waals surface area contributed by atoms with Crippen molar-refractivity contribution in [2.45, 2.75) is 0 Å². The van der Waals surface area contributed by atoms with E-state index in [2.05, 4.69) is 71.1 Å². The highest BCUT2D eigenvalue weighted by Gasteiger charge is 2.24. The van der Waals surface area contributed by atoms with Crippen molar-refractivity contribution in [2.24, 2.45) is 0 Å². The van der Waals surface area contributed by atoms with Crippen LogP contribution in [0.25, 0.3) is 81.3 Å². The number of fused-ring (bicyclic) bond motifs is 4. The van der Waals surface area contributed by atoms with Gasteiger partial charge in [-0.15, -0.1) is 11.3 Å². The van der Waals surface area contributed by atoms with E-state index in [4.69, 9.17) is 15.0 Å². The summed E-state index contributed by atoms with van der Waals surface area (Å²) in [7, 11) is 0. The maximum atomic E-state index is 5.28. The molecule has 5 aromatic carbocycles. The van der Waals surface area contributed by atoms with Crippen molar-refractivity contribution >= 4 is 69.9 Å². The molecule has 0 fully saturated rings. The lowest BCUT2D eigenvalue weighted by Gasteiger charge is -2.10. The van der Waals surface area contributed by atoms with Crippen LogP contribution in [0.15, 0.2) is 109 Å². The average molecular weight is 503 g/mol. The van der Waals surface area contributed by atoms with Gasteiger partial charge in [-0.25, -0.2) is 15.0 Å². The van der Waals surface area contributed by atoms with E-state index in [-0.39, 0.29) is 0 Å². The number of benzene rings is 5. The van der Waals surface area contributed by atoms with Crippen molar-refractivity contribution in [1.29, 1.82) is 0 Å². The first kappa shape index (κ1) is 20.2. The van der Waals surface area contributed by atoms with Crippen LogP contribution < -0.4 is 0 Å². The number of hydrogen-bond acceptors (Lipinski definition) is 4. The fraction of sp³-hybridized carbons (Fsp3) is 0. The summed E-state index contributed by atoms with van der Waals surface area (Å²) in [5.74, 6) is 0.809. The Labute approximate surface area is 220 Å². The molecule has 5 heteroatoms. The second-order valence-electron chi connectivity index (χ2n) is 9.65. The molecule has 9 aromatic rings. The predicted molar refractivity (Wildman–Crippen MR) is 158 cm³/mol. The van der Waals surface area contributed by atoms with E-state index in [0.717, 1.165) is 50.4 Å². The predicted octanol–water partition coefficient (Wildman–Crippen LogP) is 8.72. The number of para-hydroxylation sites is 3. The van der Waals surface area contributed by atoms with Crippen molar-refractivity contribution in [3.8, 4) is 22.8 Å². The summed E-state index contributed by atoms with van der Waals surface area (Å²) < 4.78 is 4.89. The third kappa shape index (κ3) is 2.61. The van der Waals surface area contributed by atoms with Gasteiger partial charge in [0.15, 0.2) is 5.82 Å². The summed E-state index contributed by atoms with van der Waals surface area (Å²) in [5, 5.41) is 5.04. The van der Waals surface area contributed by atoms with Crippen molar-refractivity contribution in [2.75, 3.05) is 0 Å². The summed E-state index contributed by atoms with van der Waals surface area (Å²) in [4.78, 5) is 15.6. The Kier molecular flexibility index (Phi) is 3.91. The summed E-state index contributed by atoms with van der Waals surface area (Å²) >= 11 is 1.85. The van der Waals surface area contributed by atoms with Crippen LogP contribution >= 0.6 is 11.3 Å². The molecule has 0 atom stereocenters. The molecule has 38 heavy (non-hydrogen) atoms.